The third-order valence-electron chi connectivity index (χ3n) is 7.59. The first-order chi connectivity index (χ1) is 17.9. The number of piperidine rings is 1. The van der Waals surface area contributed by atoms with Gasteiger partial charge < -0.3 is 20.2 Å². The Labute approximate surface area is 214 Å². The van der Waals surface area contributed by atoms with Gasteiger partial charge in [0.15, 0.2) is 5.82 Å². The summed E-state index contributed by atoms with van der Waals surface area (Å²) in [5.74, 6) is 0.385. The number of hydrogen-bond acceptors (Lipinski definition) is 8. The average molecular weight is 517 g/mol. The maximum absolute atomic E-state index is 13.2. The van der Waals surface area contributed by atoms with Crippen LogP contribution in [-0.4, -0.2) is 106 Å². The lowest BCUT2D eigenvalue weighted by Gasteiger charge is -2.37. The highest BCUT2D eigenvalue weighted by molar-refractivity contribution is 5.86. The minimum atomic E-state index is -0.351. The zero-order valence-electron chi connectivity index (χ0n) is 20.7. The molecule has 0 radical (unpaired) electrons. The number of carboxylic acid groups (broad SMARTS) is 1. The number of anilines is 1. The molecule has 5 rings (SSSR count). The maximum atomic E-state index is 13.2. The Morgan fingerprint density at radius 2 is 1.81 bits per heavy atom. The highest BCUT2D eigenvalue weighted by atomic mass is 19.1. The molecular weight excluding hydrogens is 483 g/mol. The molecule has 3 N–H and O–H groups in total. The summed E-state index contributed by atoms with van der Waals surface area (Å²) in [7, 11) is 0. The molecule has 4 heterocycles. The van der Waals surface area contributed by atoms with Crippen LogP contribution in [0.1, 0.15) is 31.5 Å². The van der Waals surface area contributed by atoms with Crippen molar-refractivity contribution in [3.63, 3.8) is 0 Å². The smallest absolute Gasteiger partial charge is 0.290 e. The Hall–Kier alpha value is -3.61. The molecule has 1 aromatic heterocycles. The fourth-order valence-corrected chi connectivity index (χ4v) is 5.47. The number of nitrogens with zero attached hydrogens (tertiary/aromatic N) is 6. The van der Waals surface area contributed by atoms with E-state index < -0.39 is 0 Å². The van der Waals surface area contributed by atoms with Crippen LogP contribution in [0.3, 0.4) is 0 Å². The summed E-state index contributed by atoms with van der Waals surface area (Å²) in [4.78, 5) is 40.3. The predicted octanol–water partition coefficient (Wildman–Crippen LogP) is 0.292. The van der Waals surface area contributed by atoms with E-state index in [1.807, 2.05) is 17.0 Å². The summed E-state index contributed by atoms with van der Waals surface area (Å²) >= 11 is 0. The Kier molecular flexibility index (Phi) is 8.64. The quantitative estimate of drug-likeness (QED) is 0.461. The van der Waals surface area contributed by atoms with Gasteiger partial charge in [0.2, 0.25) is 11.8 Å². The van der Waals surface area contributed by atoms with Gasteiger partial charge in [-0.25, -0.2) is 9.49 Å². The number of aromatic nitrogens is 4. The first-order valence-electron chi connectivity index (χ1n) is 12.5. The van der Waals surface area contributed by atoms with Crippen LogP contribution in [0, 0.1) is 11.2 Å². The van der Waals surface area contributed by atoms with Crippen molar-refractivity contribution < 1.29 is 23.9 Å². The van der Waals surface area contributed by atoms with Crippen LogP contribution in [0.2, 0.25) is 0 Å². The van der Waals surface area contributed by atoms with E-state index in [0.29, 0.717) is 31.8 Å². The van der Waals surface area contributed by atoms with Crippen LogP contribution in [0.4, 0.5) is 10.1 Å². The van der Waals surface area contributed by atoms with Crippen LogP contribution in [0.15, 0.2) is 24.3 Å². The Balaban J connectivity index is 0.00000102. The largest absolute Gasteiger partial charge is 0.483 e. The van der Waals surface area contributed by atoms with Gasteiger partial charge in [-0.2, -0.15) is 0 Å². The van der Waals surface area contributed by atoms with Crippen LogP contribution in [0.5, 0.6) is 0 Å². The molecule has 2 amide bonds. The predicted molar refractivity (Wildman–Crippen MR) is 131 cm³/mol. The lowest BCUT2D eigenvalue weighted by Crippen LogP contribution is -2.47. The van der Waals surface area contributed by atoms with Gasteiger partial charge in [-0.15, -0.1) is 5.10 Å². The third-order valence-corrected chi connectivity index (χ3v) is 7.59. The molecule has 3 aliphatic rings. The number of aromatic amines is 1. The molecule has 3 saturated heterocycles. The molecule has 13 heteroatoms. The van der Waals surface area contributed by atoms with E-state index >= 15 is 0 Å². The van der Waals surface area contributed by atoms with Crippen LogP contribution < -0.4 is 10.2 Å². The summed E-state index contributed by atoms with van der Waals surface area (Å²) in [5.41, 5.74) is 0.713. The van der Waals surface area contributed by atoms with Crippen molar-refractivity contribution in [3.05, 3.63) is 35.9 Å². The first kappa shape index (κ1) is 26.5. The molecule has 0 aliphatic carbocycles. The highest BCUT2D eigenvalue weighted by Crippen LogP contribution is 2.41. The molecule has 0 saturated carbocycles. The lowest BCUT2D eigenvalue weighted by atomic mass is 9.75. The average Bonchev–Trinajstić information content (AvgIpc) is 3.52. The molecule has 1 atom stereocenters. The van der Waals surface area contributed by atoms with E-state index in [0.717, 1.165) is 51.3 Å². The molecule has 200 valence electrons. The second-order valence-corrected chi connectivity index (χ2v) is 9.76. The molecule has 12 nitrogen and oxygen atoms in total. The number of carbonyl (C=O) groups is 3. The minimum absolute atomic E-state index is 0.0110. The van der Waals surface area contributed by atoms with Gasteiger partial charge in [-0.1, -0.05) is 0 Å². The standard InChI is InChI=1S/C23H31FN8O2.CH2O2/c24-17-1-3-19(4-2-17)31-13-11-30(12-14-31)8-5-18-16-23(22(34)25-18)6-9-32(10-7-23)21(33)15-20-26-28-29-27-20;2-1-3/h1-4,18H,5-16H2,(H,25,34)(H,26,27,28,29);1H,(H,2,3)/t18-;/m0./s1. The number of carbonyl (C=O) groups excluding carboxylic acids is 2. The van der Waals surface area contributed by atoms with Crippen molar-refractivity contribution in [2.75, 3.05) is 50.7 Å². The number of rotatable bonds is 6. The van der Waals surface area contributed by atoms with Crippen molar-refractivity contribution in [2.24, 2.45) is 5.41 Å². The van der Waals surface area contributed by atoms with E-state index in [1.54, 1.807) is 0 Å². The number of amides is 2. The number of H-pyrrole nitrogens is 1. The van der Waals surface area contributed by atoms with Crippen molar-refractivity contribution in [1.82, 2.24) is 35.7 Å². The maximum Gasteiger partial charge on any atom is 0.290 e. The number of benzene rings is 1. The second-order valence-electron chi connectivity index (χ2n) is 9.76. The molecule has 3 fully saturated rings. The molecule has 0 bridgehead atoms. The molecular formula is C24H33FN8O4. The molecule has 1 aromatic carbocycles. The number of hydrogen-bond donors (Lipinski definition) is 3. The first-order valence-corrected chi connectivity index (χ1v) is 12.5. The van der Waals surface area contributed by atoms with Gasteiger partial charge in [0, 0.05) is 57.5 Å². The normalized spacial score (nSPS) is 21.3. The second kappa shape index (κ2) is 12.1. The number of tetrazole rings is 1. The number of nitrogens with one attached hydrogen (secondary N) is 2. The van der Waals surface area contributed by atoms with Gasteiger partial charge in [0.25, 0.3) is 6.47 Å². The van der Waals surface area contributed by atoms with Crippen LogP contribution in [0.25, 0.3) is 0 Å². The topological polar surface area (TPSA) is 148 Å². The SMILES string of the molecule is O=C(Cc1nnn[nH]1)N1CCC2(CC1)C[C@H](CCN1CCN(c3ccc(F)cc3)CC1)NC2=O.O=CO. The molecule has 3 aliphatic heterocycles. The molecule has 2 aromatic rings. The fraction of sp³-hybridized carbons (Fsp3) is 0.583. The molecule has 1 spiro atoms. The highest BCUT2D eigenvalue weighted by Gasteiger charge is 2.48. The van der Waals surface area contributed by atoms with Gasteiger partial charge in [-0.05, 0) is 60.4 Å². The van der Waals surface area contributed by atoms with Crippen molar-refractivity contribution in [1.29, 1.82) is 0 Å². The summed E-state index contributed by atoms with van der Waals surface area (Å²) in [6.07, 6.45) is 3.34. The van der Waals surface area contributed by atoms with Gasteiger partial charge in [0.05, 0.1) is 11.8 Å². The lowest BCUT2D eigenvalue weighted by molar-refractivity contribution is -0.138. The summed E-state index contributed by atoms with van der Waals surface area (Å²) < 4.78 is 13.2. The van der Waals surface area contributed by atoms with Gasteiger partial charge >= 0.3 is 0 Å². The van der Waals surface area contributed by atoms with E-state index in [-0.39, 0.29) is 42.0 Å². The third kappa shape index (κ3) is 6.59. The minimum Gasteiger partial charge on any atom is -0.483 e. The summed E-state index contributed by atoms with van der Waals surface area (Å²) in [6, 6.07) is 6.87. The van der Waals surface area contributed by atoms with Crippen LogP contribution >= 0.6 is 0 Å². The van der Waals surface area contributed by atoms with E-state index in [4.69, 9.17) is 9.90 Å². The van der Waals surface area contributed by atoms with Gasteiger partial charge in [0.1, 0.15) is 5.82 Å². The summed E-state index contributed by atoms with van der Waals surface area (Å²) in [6.45, 7) is 5.63. The number of piperazine rings is 1. The Morgan fingerprint density at radius 1 is 1.14 bits per heavy atom. The van der Waals surface area contributed by atoms with E-state index in [1.165, 1.54) is 12.1 Å². The van der Waals surface area contributed by atoms with Crippen molar-refractivity contribution >= 4 is 24.0 Å². The van der Waals surface area contributed by atoms with E-state index in [9.17, 15) is 14.0 Å². The number of halogens is 1. The monoisotopic (exact) mass is 516 g/mol. The fourth-order valence-electron chi connectivity index (χ4n) is 5.47. The van der Waals surface area contributed by atoms with Gasteiger partial charge in [-0.3, -0.25) is 19.3 Å². The Bertz CT molecular complexity index is 1040. The molecule has 0 unspecified atom stereocenters. The van der Waals surface area contributed by atoms with Crippen molar-refractivity contribution in [2.45, 2.75) is 38.1 Å². The summed E-state index contributed by atoms with van der Waals surface area (Å²) in [5, 5.41) is 23.5. The van der Waals surface area contributed by atoms with Crippen LogP contribution in [-0.2, 0) is 20.8 Å². The Morgan fingerprint density at radius 3 is 2.43 bits per heavy atom. The number of likely N-dealkylation sites (tertiary alicyclic amines) is 1. The van der Waals surface area contributed by atoms with E-state index in [2.05, 4.69) is 35.7 Å². The zero-order chi connectivity index (χ0) is 26.3. The zero-order valence-corrected chi connectivity index (χ0v) is 20.7. The molecule has 37 heavy (non-hydrogen) atoms. The van der Waals surface area contributed by atoms with Crippen molar-refractivity contribution in [3.8, 4) is 0 Å².